The summed E-state index contributed by atoms with van der Waals surface area (Å²) in [4.78, 5) is 46.9. The van der Waals surface area contributed by atoms with Crippen molar-refractivity contribution >= 4 is 39.5 Å². The van der Waals surface area contributed by atoms with Crippen LogP contribution in [0.2, 0.25) is 0 Å². The number of imide groups is 1. The molecular formula is C21H25N7O6S. The quantitative estimate of drug-likeness (QED) is 0.316. The molecule has 4 atom stereocenters. The van der Waals surface area contributed by atoms with E-state index in [1.54, 1.807) is 32.0 Å². The van der Waals surface area contributed by atoms with Gasteiger partial charge in [0.15, 0.2) is 11.9 Å². The second-order valence-corrected chi connectivity index (χ2v) is 11.8. The Morgan fingerprint density at radius 1 is 1.20 bits per heavy atom. The van der Waals surface area contributed by atoms with E-state index in [-0.39, 0.29) is 42.9 Å². The number of rotatable bonds is 4. The lowest BCUT2D eigenvalue weighted by molar-refractivity contribution is -0.141. The third-order valence-electron chi connectivity index (χ3n) is 6.77. The number of carbonyl (C=O) groups is 3. The van der Waals surface area contributed by atoms with Crippen LogP contribution in [0.25, 0.3) is 0 Å². The van der Waals surface area contributed by atoms with Crippen LogP contribution in [0, 0.1) is 5.41 Å². The molecule has 186 valence electrons. The number of ether oxygens (including phenoxy) is 1. The maximum absolute atomic E-state index is 13.8. The van der Waals surface area contributed by atoms with Gasteiger partial charge in [0.05, 0.1) is 30.1 Å². The van der Waals surface area contributed by atoms with Crippen molar-refractivity contribution in [2.24, 2.45) is 26.9 Å². The van der Waals surface area contributed by atoms with E-state index in [0.717, 1.165) is 4.90 Å². The first kappa shape index (κ1) is 23.1. The minimum atomic E-state index is -4.34. The molecule has 35 heavy (non-hydrogen) atoms. The van der Waals surface area contributed by atoms with E-state index < -0.39 is 49.6 Å². The van der Waals surface area contributed by atoms with Gasteiger partial charge in [0, 0.05) is 6.42 Å². The van der Waals surface area contributed by atoms with Gasteiger partial charge in [0.1, 0.15) is 6.04 Å². The zero-order valence-corrected chi connectivity index (χ0v) is 19.9. The largest absolute Gasteiger partial charge is 0.440 e. The molecule has 14 heteroatoms. The van der Waals surface area contributed by atoms with Gasteiger partial charge in [-0.25, -0.2) is 23.2 Å². The monoisotopic (exact) mass is 503 g/mol. The molecule has 13 nitrogen and oxygen atoms in total. The van der Waals surface area contributed by atoms with Crippen molar-refractivity contribution in [3.05, 3.63) is 35.9 Å². The van der Waals surface area contributed by atoms with Gasteiger partial charge >= 0.3 is 5.97 Å². The Hall–Kier alpha value is -3.68. The Balaban J connectivity index is 1.49. The lowest BCUT2D eigenvalue weighted by atomic mass is 9.92. The van der Waals surface area contributed by atoms with E-state index in [1.807, 2.05) is 0 Å². The fourth-order valence-corrected chi connectivity index (χ4v) is 7.28. The summed E-state index contributed by atoms with van der Waals surface area (Å²) in [5, 5.41) is 2.71. The molecule has 2 fully saturated rings. The maximum Gasteiger partial charge on any atom is 0.339 e. The molecule has 1 aromatic rings. The van der Waals surface area contributed by atoms with E-state index in [2.05, 4.69) is 15.3 Å². The summed E-state index contributed by atoms with van der Waals surface area (Å²) in [6.45, 7) is 2.80. The van der Waals surface area contributed by atoms with Crippen LogP contribution in [-0.2, 0) is 24.2 Å². The summed E-state index contributed by atoms with van der Waals surface area (Å²) < 4.78 is 33.1. The Morgan fingerprint density at radius 2 is 1.89 bits per heavy atom. The molecular weight excluding hydrogens is 478 g/mol. The van der Waals surface area contributed by atoms with E-state index in [0.29, 0.717) is 0 Å². The van der Waals surface area contributed by atoms with E-state index in [4.69, 9.17) is 16.2 Å². The van der Waals surface area contributed by atoms with Crippen LogP contribution in [0.5, 0.6) is 0 Å². The molecule has 0 saturated carbocycles. The van der Waals surface area contributed by atoms with Crippen LogP contribution in [0.4, 0.5) is 0 Å². The molecule has 4 heterocycles. The van der Waals surface area contributed by atoms with Crippen molar-refractivity contribution in [2.75, 3.05) is 13.1 Å². The first-order valence-corrected chi connectivity index (χ1v) is 12.5. The molecule has 0 bridgehead atoms. The van der Waals surface area contributed by atoms with Crippen LogP contribution >= 0.6 is 0 Å². The lowest BCUT2D eigenvalue weighted by Crippen LogP contribution is -2.71. The van der Waals surface area contributed by atoms with E-state index in [9.17, 15) is 22.8 Å². The predicted molar refractivity (Wildman–Crippen MR) is 123 cm³/mol. The number of amides is 2. The molecule has 2 amide bonds. The van der Waals surface area contributed by atoms with E-state index >= 15 is 0 Å². The van der Waals surface area contributed by atoms with Crippen molar-refractivity contribution in [2.45, 2.75) is 42.8 Å². The molecule has 5 N–H and O–H groups in total. The number of likely N-dealkylation sites (tertiary alicyclic amines) is 1. The number of nitrogens with two attached hydrogens (primary N) is 2. The van der Waals surface area contributed by atoms with Crippen molar-refractivity contribution < 1.29 is 27.5 Å². The van der Waals surface area contributed by atoms with Crippen LogP contribution in [-0.4, -0.2) is 83.5 Å². The first-order valence-electron chi connectivity index (χ1n) is 10.9. The predicted octanol–water partition coefficient (Wildman–Crippen LogP) is -1.68. The molecule has 4 aliphatic rings. The number of nitrogens with zero attached hydrogens (tertiary/aromatic N) is 4. The number of benzene rings is 1. The number of sulfone groups is 1. The normalized spacial score (nSPS) is 32.5. The van der Waals surface area contributed by atoms with E-state index in [1.165, 1.54) is 17.0 Å². The molecule has 2 saturated heterocycles. The summed E-state index contributed by atoms with van der Waals surface area (Å²) >= 11 is 0. The number of esters is 1. The van der Waals surface area contributed by atoms with Crippen molar-refractivity contribution in [3.8, 4) is 0 Å². The number of guanidine groups is 2. The number of hydrogen-bond acceptors (Lipinski definition) is 12. The summed E-state index contributed by atoms with van der Waals surface area (Å²) in [6.07, 6.45) is 0.0269. The number of hydrogen-bond donors (Lipinski definition) is 3. The van der Waals surface area contributed by atoms with Crippen molar-refractivity contribution in [1.29, 1.82) is 0 Å². The average molecular weight is 504 g/mol. The second-order valence-electron chi connectivity index (χ2n) is 9.56. The zero-order chi connectivity index (χ0) is 25.3. The van der Waals surface area contributed by atoms with Crippen LogP contribution in [0.15, 0.2) is 40.3 Å². The van der Waals surface area contributed by atoms with Crippen molar-refractivity contribution in [1.82, 2.24) is 15.1 Å². The number of carbonyl (C=O) groups excluding carboxylic acids is 3. The molecule has 4 aliphatic heterocycles. The average Bonchev–Trinajstić information content (AvgIpc) is 3.33. The van der Waals surface area contributed by atoms with Crippen molar-refractivity contribution in [3.63, 3.8) is 0 Å². The Bertz CT molecular complexity index is 1290. The van der Waals surface area contributed by atoms with Gasteiger partial charge in [-0.2, -0.15) is 0 Å². The summed E-state index contributed by atoms with van der Waals surface area (Å²) in [5.41, 5.74) is 9.82. The molecule has 1 spiro atoms. The standard InChI is InChI=1S/C21H25N7O6S/c1-20(2)8-13(29)27(17(20)31)9-12-15-21(26-18(22)25-15)28(19(23)24-12)10-14(35(21,32)33)34-16(30)11-6-4-3-5-7-11/h3-7,12,14-15H,8-10H2,1-2H3,(H2,23,24)(H3,22,25,26)/t12-,14+,15?,21-/m0/s1. The molecule has 1 aromatic carbocycles. The molecule has 5 rings (SSSR count). The molecule has 1 unspecified atom stereocenters. The van der Waals surface area contributed by atoms with Gasteiger partial charge in [-0.05, 0) is 12.1 Å². The van der Waals surface area contributed by atoms with Gasteiger partial charge in [-0.15, -0.1) is 0 Å². The topological polar surface area (TPSA) is 190 Å². The van der Waals surface area contributed by atoms with Gasteiger partial charge < -0.3 is 26.4 Å². The molecule has 0 radical (unpaired) electrons. The SMILES string of the molecule is CC1(C)CC(=O)N(C[C@@H]2N=C(N)N3C[C@H](OC(=O)c4ccccc4)S(=O)(=O)[C@@]34NC(N)=NC24)C1=O. The summed E-state index contributed by atoms with van der Waals surface area (Å²) in [7, 11) is -4.34. The zero-order valence-electron chi connectivity index (χ0n) is 19.0. The third-order valence-corrected chi connectivity index (χ3v) is 9.14. The smallest absolute Gasteiger partial charge is 0.339 e. The molecule has 0 aromatic heterocycles. The van der Waals surface area contributed by atoms with Gasteiger partial charge in [-0.3, -0.25) is 14.5 Å². The second kappa shape index (κ2) is 7.41. The lowest BCUT2D eigenvalue weighted by Gasteiger charge is -2.43. The number of aliphatic imine (C=N–C) groups is 2. The highest BCUT2D eigenvalue weighted by Crippen LogP contribution is 2.44. The maximum atomic E-state index is 13.8. The van der Waals surface area contributed by atoms with Gasteiger partial charge in [-0.1, -0.05) is 32.0 Å². The Kier molecular flexibility index (Phi) is 4.88. The highest BCUT2D eigenvalue weighted by Gasteiger charge is 2.71. The number of nitrogens with one attached hydrogen (secondary N) is 1. The summed E-state index contributed by atoms with van der Waals surface area (Å²) in [6, 6.07) is 5.84. The van der Waals surface area contributed by atoms with Crippen LogP contribution in [0.1, 0.15) is 30.6 Å². The highest BCUT2D eigenvalue weighted by molar-refractivity contribution is 7.93. The Labute approximate surface area is 201 Å². The summed E-state index contributed by atoms with van der Waals surface area (Å²) in [5.74, 6) is -1.94. The van der Waals surface area contributed by atoms with Gasteiger partial charge in [0.2, 0.25) is 32.1 Å². The minimum absolute atomic E-state index is 0.0269. The fraction of sp³-hybridized carbons (Fsp3) is 0.476. The fourth-order valence-electron chi connectivity index (χ4n) is 5.05. The molecule has 0 aliphatic carbocycles. The Morgan fingerprint density at radius 3 is 2.51 bits per heavy atom. The highest BCUT2D eigenvalue weighted by atomic mass is 32.2. The van der Waals surface area contributed by atoms with Gasteiger partial charge in [0.25, 0.3) is 0 Å². The minimum Gasteiger partial charge on any atom is -0.440 e. The van der Waals surface area contributed by atoms with Crippen LogP contribution in [0.3, 0.4) is 0 Å². The van der Waals surface area contributed by atoms with Crippen LogP contribution < -0.4 is 16.8 Å². The third kappa shape index (κ3) is 3.19. The first-order chi connectivity index (χ1) is 16.4.